The number of ether oxygens (including phenoxy) is 1. The molecule has 0 spiro atoms. The minimum absolute atomic E-state index is 0.0632. The first kappa shape index (κ1) is 26.3. The van der Waals surface area contributed by atoms with E-state index in [-0.39, 0.29) is 23.8 Å². The summed E-state index contributed by atoms with van der Waals surface area (Å²) in [4.78, 5) is 25.2. The Morgan fingerprint density at radius 3 is 2.64 bits per heavy atom. The van der Waals surface area contributed by atoms with Crippen LogP contribution < -0.4 is 5.32 Å². The lowest BCUT2D eigenvalue weighted by atomic mass is 9.81. The van der Waals surface area contributed by atoms with E-state index in [9.17, 15) is 14.7 Å². The number of benzene rings is 2. The molecule has 2 N–H and O–H groups in total. The van der Waals surface area contributed by atoms with Crippen molar-refractivity contribution < 1.29 is 19.4 Å². The summed E-state index contributed by atoms with van der Waals surface area (Å²) < 4.78 is 7.92. The van der Waals surface area contributed by atoms with Crippen molar-refractivity contribution in [3.8, 4) is 11.3 Å². The zero-order valence-corrected chi connectivity index (χ0v) is 23.0. The van der Waals surface area contributed by atoms with Gasteiger partial charge in [-0.3, -0.25) is 4.79 Å². The van der Waals surface area contributed by atoms with E-state index >= 15 is 0 Å². The molecule has 3 aromatic rings. The second-order valence-electron chi connectivity index (χ2n) is 11.9. The van der Waals surface area contributed by atoms with Crippen LogP contribution in [0.15, 0.2) is 42.5 Å². The van der Waals surface area contributed by atoms with Crippen molar-refractivity contribution in [2.24, 2.45) is 5.92 Å². The molecule has 3 unspecified atom stereocenters. The highest BCUT2D eigenvalue weighted by molar-refractivity contribution is 5.98. The van der Waals surface area contributed by atoms with Crippen molar-refractivity contribution >= 4 is 22.7 Å². The van der Waals surface area contributed by atoms with Gasteiger partial charge in [0.15, 0.2) is 0 Å². The summed E-state index contributed by atoms with van der Waals surface area (Å²) in [6.07, 6.45) is 11.0. The molecule has 39 heavy (non-hydrogen) atoms. The van der Waals surface area contributed by atoms with Gasteiger partial charge < -0.3 is 19.7 Å². The van der Waals surface area contributed by atoms with Crippen LogP contribution in [0.25, 0.3) is 22.2 Å². The van der Waals surface area contributed by atoms with Gasteiger partial charge in [-0.05, 0) is 67.7 Å². The van der Waals surface area contributed by atoms with Gasteiger partial charge in [0, 0.05) is 42.1 Å². The molecule has 0 amide bonds. The Balaban J connectivity index is 1.38. The summed E-state index contributed by atoms with van der Waals surface area (Å²) in [6.45, 7) is 1.06. The van der Waals surface area contributed by atoms with Crippen molar-refractivity contribution in [2.45, 2.75) is 88.8 Å². The molecule has 3 atom stereocenters. The number of carbonyl (C=O) groups excluding carboxylic acids is 1. The first-order valence-corrected chi connectivity index (χ1v) is 14.8. The van der Waals surface area contributed by atoms with Crippen LogP contribution in [0.4, 0.5) is 0 Å². The van der Waals surface area contributed by atoms with E-state index in [2.05, 4.69) is 34.1 Å². The predicted octanol–water partition coefficient (Wildman–Crippen LogP) is 6.34. The van der Waals surface area contributed by atoms with E-state index < -0.39 is 5.97 Å². The van der Waals surface area contributed by atoms with Crippen LogP contribution in [0.2, 0.25) is 0 Å². The Morgan fingerprint density at radius 1 is 1.03 bits per heavy atom. The van der Waals surface area contributed by atoms with Gasteiger partial charge in [-0.15, -0.1) is 0 Å². The summed E-state index contributed by atoms with van der Waals surface area (Å²) in [5, 5.41) is 14.6. The molecule has 0 saturated heterocycles. The number of hydrogen-bond acceptors (Lipinski definition) is 4. The predicted molar refractivity (Wildman–Crippen MR) is 153 cm³/mol. The SMILES string of the molecule is COC1CCCC(C(=O)CNC2Cc3ccccc3-c3c(C4CCCCC4)c4ccc(C(=O)O)cc4n3C2)C1. The molecule has 6 rings (SSSR count). The fourth-order valence-electron chi connectivity index (χ4n) is 7.45. The molecule has 2 heterocycles. The Labute approximate surface area is 230 Å². The number of ketones is 1. The lowest BCUT2D eigenvalue weighted by molar-refractivity contribution is -0.124. The Bertz CT molecular complexity index is 1370. The highest BCUT2D eigenvalue weighted by atomic mass is 16.5. The number of fused-ring (bicyclic) bond motifs is 5. The van der Waals surface area contributed by atoms with Gasteiger partial charge in [0.2, 0.25) is 0 Å². The zero-order valence-electron chi connectivity index (χ0n) is 23.0. The van der Waals surface area contributed by atoms with Gasteiger partial charge in [0.25, 0.3) is 0 Å². The standard InChI is InChI=1S/C33H40N2O4/c1-39-26-12-7-11-23(17-26)30(36)19-34-25-16-22-10-5-6-13-27(22)32-31(21-8-3-2-4-9-21)28-15-14-24(33(37)38)18-29(28)35(32)20-25/h5-6,10,13-15,18,21,23,25-26,34H,2-4,7-9,11-12,16-17,19-20H2,1H3,(H,37,38). The molecular weight excluding hydrogens is 488 g/mol. The zero-order chi connectivity index (χ0) is 26.9. The molecule has 1 aromatic heterocycles. The van der Waals surface area contributed by atoms with Crippen LogP contribution in [0.1, 0.15) is 85.2 Å². The average Bonchev–Trinajstić information content (AvgIpc) is 3.19. The number of carboxylic acids is 1. The first-order chi connectivity index (χ1) is 19.0. The molecule has 2 fully saturated rings. The van der Waals surface area contributed by atoms with Gasteiger partial charge in [-0.2, -0.15) is 0 Å². The van der Waals surface area contributed by atoms with Crippen LogP contribution in [-0.2, 0) is 22.5 Å². The Morgan fingerprint density at radius 2 is 1.85 bits per heavy atom. The summed E-state index contributed by atoms with van der Waals surface area (Å²) in [5.41, 5.74) is 6.49. The van der Waals surface area contributed by atoms with Crippen LogP contribution in [0.3, 0.4) is 0 Å². The minimum Gasteiger partial charge on any atom is -0.478 e. The number of carbonyl (C=O) groups is 2. The number of carboxylic acid groups (broad SMARTS) is 1. The number of methoxy groups -OCH3 is 1. The fourth-order valence-corrected chi connectivity index (χ4v) is 7.45. The van der Waals surface area contributed by atoms with Gasteiger partial charge >= 0.3 is 5.97 Å². The Hall–Kier alpha value is -2.96. The highest BCUT2D eigenvalue weighted by Gasteiger charge is 2.32. The molecule has 6 nitrogen and oxygen atoms in total. The number of aromatic nitrogens is 1. The first-order valence-electron chi connectivity index (χ1n) is 14.8. The number of rotatable bonds is 7. The van der Waals surface area contributed by atoms with Gasteiger partial charge in [0.1, 0.15) is 5.78 Å². The highest BCUT2D eigenvalue weighted by Crippen LogP contribution is 2.46. The molecule has 2 saturated carbocycles. The number of hydrogen-bond donors (Lipinski definition) is 2. The molecule has 2 aromatic carbocycles. The lowest BCUT2D eigenvalue weighted by Gasteiger charge is -2.28. The molecular formula is C33H40N2O4. The van der Waals surface area contributed by atoms with Crippen LogP contribution in [0, 0.1) is 5.92 Å². The lowest BCUT2D eigenvalue weighted by Crippen LogP contribution is -2.40. The molecule has 206 valence electrons. The van der Waals surface area contributed by atoms with Crippen molar-refractivity contribution in [2.75, 3.05) is 13.7 Å². The van der Waals surface area contributed by atoms with Crippen LogP contribution in [0.5, 0.6) is 0 Å². The minimum atomic E-state index is -0.900. The van der Waals surface area contributed by atoms with Gasteiger partial charge in [-0.25, -0.2) is 4.79 Å². The van der Waals surface area contributed by atoms with Crippen molar-refractivity contribution in [3.63, 3.8) is 0 Å². The monoisotopic (exact) mass is 528 g/mol. The van der Waals surface area contributed by atoms with E-state index in [4.69, 9.17) is 4.74 Å². The molecule has 0 bridgehead atoms. The topological polar surface area (TPSA) is 80.6 Å². The summed E-state index contributed by atoms with van der Waals surface area (Å²) in [6, 6.07) is 14.4. The fraction of sp³-hybridized carbons (Fsp3) is 0.515. The van der Waals surface area contributed by atoms with E-state index in [1.165, 1.54) is 59.9 Å². The maximum Gasteiger partial charge on any atom is 0.335 e. The third-order valence-electron chi connectivity index (χ3n) is 9.49. The molecule has 6 heteroatoms. The van der Waals surface area contributed by atoms with Crippen molar-refractivity contribution in [3.05, 3.63) is 59.2 Å². The summed E-state index contributed by atoms with van der Waals surface area (Å²) >= 11 is 0. The second-order valence-corrected chi connectivity index (χ2v) is 11.9. The summed E-state index contributed by atoms with van der Waals surface area (Å²) in [7, 11) is 1.75. The molecule has 2 aliphatic carbocycles. The van der Waals surface area contributed by atoms with E-state index in [0.717, 1.165) is 37.6 Å². The van der Waals surface area contributed by atoms with Crippen molar-refractivity contribution in [1.29, 1.82) is 0 Å². The smallest absolute Gasteiger partial charge is 0.335 e. The average molecular weight is 529 g/mol. The van der Waals surface area contributed by atoms with Gasteiger partial charge in [-0.1, -0.05) is 56.0 Å². The van der Waals surface area contributed by atoms with E-state index in [1.807, 2.05) is 12.1 Å². The van der Waals surface area contributed by atoms with Crippen LogP contribution in [-0.4, -0.2) is 47.2 Å². The quantitative estimate of drug-likeness (QED) is 0.374. The van der Waals surface area contributed by atoms with Gasteiger partial charge in [0.05, 0.1) is 23.9 Å². The maximum absolute atomic E-state index is 13.2. The third-order valence-corrected chi connectivity index (χ3v) is 9.49. The number of aromatic carboxylic acids is 1. The molecule has 3 aliphatic rings. The number of Topliss-reactive ketones (excluding diaryl/α,β-unsaturated/α-hetero) is 1. The summed E-state index contributed by atoms with van der Waals surface area (Å²) in [5.74, 6) is -0.0775. The maximum atomic E-state index is 13.2. The molecule has 0 radical (unpaired) electrons. The van der Waals surface area contributed by atoms with E-state index in [0.29, 0.717) is 24.6 Å². The second kappa shape index (κ2) is 11.3. The third kappa shape index (κ3) is 5.17. The Kier molecular flexibility index (Phi) is 7.59. The number of nitrogens with zero attached hydrogens (tertiary/aromatic N) is 1. The van der Waals surface area contributed by atoms with E-state index in [1.54, 1.807) is 13.2 Å². The molecule has 1 aliphatic heterocycles. The van der Waals surface area contributed by atoms with Crippen LogP contribution >= 0.6 is 0 Å². The largest absolute Gasteiger partial charge is 0.478 e. The number of nitrogens with one attached hydrogen (secondary N) is 1. The normalized spacial score (nSPS) is 23.7. The van der Waals surface area contributed by atoms with Crippen molar-refractivity contribution in [1.82, 2.24) is 9.88 Å².